The molecule has 0 amide bonds. The molecule has 0 fully saturated rings. The second-order valence-electron chi connectivity index (χ2n) is 3.46. The first-order chi connectivity index (χ1) is 6.83. The van der Waals surface area contributed by atoms with Crippen LogP contribution in [-0.4, -0.2) is 21.3 Å². The normalized spacial score (nSPS) is 11.0. The molecule has 3 nitrogen and oxygen atoms in total. The van der Waals surface area contributed by atoms with Crippen LogP contribution in [0.2, 0.25) is 0 Å². The van der Waals surface area contributed by atoms with Crippen LogP contribution in [0.4, 0.5) is 0 Å². The van der Waals surface area contributed by atoms with Crippen LogP contribution in [0.15, 0.2) is 24.5 Å². The number of hydrogen-bond acceptors (Lipinski definition) is 2. The van der Waals surface area contributed by atoms with Crippen molar-refractivity contribution in [3.63, 3.8) is 0 Å². The monoisotopic (exact) mass is 190 g/mol. The first-order valence-electron chi connectivity index (χ1n) is 4.84. The van der Waals surface area contributed by atoms with Crippen LogP contribution in [0.3, 0.4) is 0 Å². The molecule has 0 aromatic carbocycles. The number of aryl methyl sites for hydroxylation is 2. The molecular weight excluding hydrogens is 176 g/mol. The van der Waals surface area contributed by atoms with E-state index in [0.29, 0.717) is 0 Å². The van der Waals surface area contributed by atoms with Gasteiger partial charge in [0.05, 0.1) is 0 Å². The zero-order chi connectivity index (χ0) is 9.97. The Morgan fingerprint density at radius 2 is 2.36 bits per heavy atom. The number of pyridine rings is 1. The second-order valence-corrected chi connectivity index (χ2v) is 3.46. The standard InChI is InChI=1S/C11H14N2O/c1-9-8-13(6-3-7-14)11-10(9)4-2-5-12-11/h2,4-5,8,14H,3,6-7H2,1H3. The van der Waals surface area contributed by atoms with Crippen molar-refractivity contribution in [2.75, 3.05) is 6.61 Å². The molecule has 74 valence electrons. The van der Waals surface area contributed by atoms with Gasteiger partial charge in [-0.3, -0.25) is 0 Å². The summed E-state index contributed by atoms with van der Waals surface area (Å²) in [5.41, 5.74) is 2.25. The Labute approximate surface area is 83.0 Å². The van der Waals surface area contributed by atoms with Crippen LogP contribution in [0.5, 0.6) is 0 Å². The molecule has 2 aromatic heterocycles. The number of hydrogen-bond donors (Lipinski definition) is 1. The highest BCUT2D eigenvalue weighted by atomic mass is 16.3. The van der Waals surface area contributed by atoms with Crippen LogP contribution in [0.25, 0.3) is 11.0 Å². The van der Waals surface area contributed by atoms with Gasteiger partial charge < -0.3 is 9.67 Å². The fraction of sp³-hybridized carbons (Fsp3) is 0.364. The summed E-state index contributed by atoms with van der Waals surface area (Å²) < 4.78 is 2.10. The zero-order valence-corrected chi connectivity index (χ0v) is 8.27. The van der Waals surface area contributed by atoms with Gasteiger partial charge in [-0.15, -0.1) is 0 Å². The lowest BCUT2D eigenvalue weighted by atomic mass is 10.2. The first-order valence-corrected chi connectivity index (χ1v) is 4.84. The molecular formula is C11H14N2O. The van der Waals surface area contributed by atoms with E-state index in [1.54, 1.807) is 6.20 Å². The van der Waals surface area contributed by atoms with Crippen LogP contribution in [-0.2, 0) is 6.54 Å². The SMILES string of the molecule is Cc1cn(CCCO)c2ncccc12. The second kappa shape index (κ2) is 3.80. The van der Waals surface area contributed by atoms with E-state index in [-0.39, 0.29) is 6.61 Å². The average Bonchev–Trinajstić information content (AvgIpc) is 2.54. The maximum atomic E-state index is 8.77. The lowest BCUT2D eigenvalue weighted by Crippen LogP contribution is -1.99. The van der Waals surface area contributed by atoms with Gasteiger partial charge in [0, 0.05) is 30.9 Å². The van der Waals surface area contributed by atoms with Crippen molar-refractivity contribution in [2.24, 2.45) is 0 Å². The van der Waals surface area contributed by atoms with E-state index in [0.717, 1.165) is 18.6 Å². The van der Waals surface area contributed by atoms with E-state index in [1.165, 1.54) is 10.9 Å². The number of nitrogens with zero attached hydrogens (tertiary/aromatic N) is 2. The number of aromatic nitrogens is 2. The molecule has 0 saturated heterocycles. The Morgan fingerprint density at radius 1 is 1.50 bits per heavy atom. The molecule has 0 spiro atoms. The molecule has 2 rings (SSSR count). The molecule has 2 aromatic rings. The van der Waals surface area contributed by atoms with E-state index in [1.807, 2.05) is 6.07 Å². The molecule has 0 saturated carbocycles. The fourth-order valence-corrected chi connectivity index (χ4v) is 1.71. The van der Waals surface area contributed by atoms with Gasteiger partial charge in [-0.25, -0.2) is 4.98 Å². The van der Waals surface area contributed by atoms with Crippen molar-refractivity contribution in [1.82, 2.24) is 9.55 Å². The van der Waals surface area contributed by atoms with Gasteiger partial charge in [0.15, 0.2) is 0 Å². The Balaban J connectivity index is 2.44. The minimum absolute atomic E-state index is 0.228. The van der Waals surface area contributed by atoms with Crippen molar-refractivity contribution < 1.29 is 5.11 Å². The third-order valence-corrected chi connectivity index (χ3v) is 2.39. The number of fused-ring (bicyclic) bond motifs is 1. The van der Waals surface area contributed by atoms with Crippen LogP contribution in [0, 0.1) is 6.92 Å². The highest BCUT2D eigenvalue weighted by Crippen LogP contribution is 2.18. The Kier molecular flexibility index (Phi) is 2.50. The number of aliphatic hydroxyl groups is 1. The summed E-state index contributed by atoms with van der Waals surface area (Å²) in [6.07, 6.45) is 4.67. The maximum absolute atomic E-state index is 8.77. The summed E-state index contributed by atoms with van der Waals surface area (Å²) in [6.45, 7) is 3.14. The van der Waals surface area contributed by atoms with Crippen molar-refractivity contribution in [2.45, 2.75) is 19.9 Å². The van der Waals surface area contributed by atoms with Gasteiger partial charge >= 0.3 is 0 Å². The summed E-state index contributed by atoms with van der Waals surface area (Å²) in [5.74, 6) is 0. The quantitative estimate of drug-likeness (QED) is 0.800. The molecule has 3 heteroatoms. The largest absolute Gasteiger partial charge is 0.396 e. The molecule has 0 atom stereocenters. The van der Waals surface area contributed by atoms with E-state index < -0.39 is 0 Å². The topological polar surface area (TPSA) is 38.0 Å². The van der Waals surface area contributed by atoms with E-state index >= 15 is 0 Å². The molecule has 14 heavy (non-hydrogen) atoms. The lowest BCUT2D eigenvalue weighted by Gasteiger charge is -2.01. The Bertz CT molecular complexity index is 434. The van der Waals surface area contributed by atoms with Crippen molar-refractivity contribution in [3.05, 3.63) is 30.1 Å². The Hall–Kier alpha value is -1.35. The predicted molar refractivity (Wildman–Crippen MR) is 56.2 cm³/mol. The molecule has 0 aliphatic heterocycles. The van der Waals surface area contributed by atoms with Crippen molar-refractivity contribution >= 4 is 11.0 Å². The van der Waals surface area contributed by atoms with Gasteiger partial charge in [-0.2, -0.15) is 0 Å². The van der Waals surface area contributed by atoms with Gasteiger partial charge in [0.1, 0.15) is 5.65 Å². The van der Waals surface area contributed by atoms with Crippen molar-refractivity contribution in [1.29, 1.82) is 0 Å². The lowest BCUT2D eigenvalue weighted by molar-refractivity contribution is 0.280. The highest BCUT2D eigenvalue weighted by Gasteiger charge is 2.04. The molecule has 0 radical (unpaired) electrons. The summed E-state index contributed by atoms with van der Waals surface area (Å²) in [5, 5.41) is 9.97. The molecule has 1 N–H and O–H groups in total. The Morgan fingerprint density at radius 3 is 3.14 bits per heavy atom. The van der Waals surface area contributed by atoms with Crippen LogP contribution >= 0.6 is 0 Å². The molecule has 0 aliphatic rings. The van der Waals surface area contributed by atoms with E-state index in [2.05, 4.69) is 28.7 Å². The third-order valence-electron chi connectivity index (χ3n) is 2.39. The number of aliphatic hydroxyl groups excluding tert-OH is 1. The first kappa shape index (κ1) is 9.21. The number of rotatable bonds is 3. The smallest absolute Gasteiger partial charge is 0.140 e. The van der Waals surface area contributed by atoms with Crippen LogP contribution in [0.1, 0.15) is 12.0 Å². The van der Waals surface area contributed by atoms with Gasteiger partial charge in [-0.05, 0) is 31.0 Å². The summed E-state index contributed by atoms with van der Waals surface area (Å²) >= 11 is 0. The van der Waals surface area contributed by atoms with Gasteiger partial charge in [0.2, 0.25) is 0 Å². The molecule has 0 aliphatic carbocycles. The summed E-state index contributed by atoms with van der Waals surface area (Å²) in [7, 11) is 0. The van der Waals surface area contributed by atoms with Crippen molar-refractivity contribution in [3.8, 4) is 0 Å². The van der Waals surface area contributed by atoms with Crippen LogP contribution < -0.4 is 0 Å². The fourth-order valence-electron chi connectivity index (χ4n) is 1.71. The molecule has 2 heterocycles. The average molecular weight is 190 g/mol. The van der Waals surface area contributed by atoms with Gasteiger partial charge in [0.25, 0.3) is 0 Å². The molecule has 0 unspecified atom stereocenters. The maximum Gasteiger partial charge on any atom is 0.140 e. The third kappa shape index (κ3) is 1.51. The minimum atomic E-state index is 0.228. The minimum Gasteiger partial charge on any atom is -0.396 e. The highest BCUT2D eigenvalue weighted by molar-refractivity contribution is 5.79. The predicted octanol–water partition coefficient (Wildman–Crippen LogP) is 1.73. The summed E-state index contributed by atoms with van der Waals surface area (Å²) in [4.78, 5) is 4.34. The molecule has 0 bridgehead atoms. The van der Waals surface area contributed by atoms with E-state index in [4.69, 9.17) is 5.11 Å². The van der Waals surface area contributed by atoms with Gasteiger partial charge in [-0.1, -0.05) is 0 Å². The summed E-state index contributed by atoms with van der Waals surface area (Å²) in [6, 6.07) is 4.03. The van der Waals surface area contributed by atoms with E-state index in [9.17, 15) is 0 Å². The zero-order valence-electron chi connectivity index (χ0n) is 8.27.